The molecule has 1 aromatic carbocycles. The number of rotatable bonds is 3. The van der Waals surface area contributed by atoms with Gasteiger partial charge in [-0.2, -0.15) is 5.10 Å². The summed E-state index contributed by atoms with van der Waals surface area (Å²) in [5.74, 6) is -0.215. The lowest BCUT2D eigenvalue weighted by molar-refractivity contribution is 0.159. The average molecular weight is 345 g/mol. The molecule has 1 aromatic heterocycles. The second-order valence-corrected chi connectivity index (χ2v) is 6.06. The van der Waals surface area contributed by atoms with Crippen molar-refractivity contribution < 1.29 is 5.11 Å². The van der Waals surface area contributed by atoms with Gasteiger partial charge >= 0.3 is 0 Å². The van der Waals surface area contributed by atoms with Crippen molar-refractivity contribution in [1.82, 2.24) is 19.5 Å². The molecular weight excluding hydrogens is 326 g/mol. The smallest absolute Gasteiger partial charge is 0.264 e. The minimum atomic E-state index is -0.456. The zero-order chi connectivity index (χ0) is 17.1. The van der Waals surface area contributed by atoms with Crippen LogP contribution >= 0.6 is 12.2 Å². The maximum absolute atomic E-state index is 12.2. The van der Waals surface area contributed by atoms with E-state index in [0.29, 0.717) is 5.69 Å². The molecule has 0 amide bonds. The van der Waals surface area contributed by atoms with Crippen LogP contribution in [0.15, 0.2) is 40.2 Å². The molecule has 1 fully saturated rings. The van der Waals surface area contributed by atoms with Crippen molar-refractivity contribution in [3.05, 3.63) is 51.0 Å². The summed E-state index contributed by atoms with van der Waals surface area (Å²) >= 11 is 5.18. The molecule has 3 rings (SSSR count). The number of aromatic amines is 1. The van der Waals surface area contributed by atoms with Crippen LogP contribution in [0.3, 0.4) is 0 Å². The predicted molar refractivity (Wildman–Crippen MR) is 95.6 cm³/mol. The summed E-state index contributed by atoms with van der Waals surface area (Å²) < 4.78 is 1.56. The largest absolute Gasteiger partial charge is 0.494 e. The molecule has 0 radical (unpaired) electrons. The molecule has 1 aliphatic heterocycles. The highest BCUT2D eigenvalue weighted by Crippen LogP contribution is 2.18. The Labute approximate surface area is 144 Å². The number of likely N-dealkylation sites (N-methyl/N-ethyl adjacent to an activating group) is 1. The number of piperazine rings is 1. The Kier molecular flexibility index (Phi) is 4.77. The van der Waals surface area contributed by atoms with Gasteiger partial charge in [0.2, 0.25) is 5.88 Å². The highest BCUT2D eigenvalue weighted by Gasteiger charge is 2.14. The summed E-state index contributed by atoms with van der Waals surface area (Å²) in [6.07, 6.45) is 1.40. The van der Waals surface area contributed by atoms with Crippen LogP contribution in [0.1, 0.15) is 5.56 Å². The fourth-order valence-electron chi connectivity index (χ4n) is 2.52. The van der Waals surface area contributed by atoms with Crippen molar-refractivity contribution >= 4 is 18.4 Å². The number of hydrazone groups is 1. The Morgan fingerprint density at radius 3 is 2.54 bits per heavy atom. The first-order valence-electron chi connectivity index (χ1n) is 7.67. The first kappa shape index (κ1) is 16.4. The van der Waals surface area contributed by atoms with E-state index in [1.165, 1.54) is 10.8 Å². The molecular formula is C16H19N5O2S. The quantitative estimate of drug-likeness (QED) is 0.645. The Bertz CT molecular complexity index is 851. The third-order valence-corrected chi connectivity index (χ3v) is 4.25. The second kappa shape index (κ2) is 6.98. The van der Waals surface area contributed by atoms with Crippen molar-refractivity contribution in [2.45, 2.75) is 0 Å². The first-order chi connectivity index (χ1) is 11.6. The maximum Gasteiger partial charge on any atom is 0.264 e. The van der Waals surface area contributed by atoms with Crippen LogP contribution in [-0.2, 0) is 0 Å². The molecule has 0 saturated carbocycles. The predicted octanol–water partition coefficient (Wildman–Crippen LogP) is 1.18. The summed E-state index contributed by atoms with van der Waals surface area (Å²) in [6.45, 7) is 3.39. The van der Waals surface area contributed by atoms with Crippen LogP contribution in [0, 0.1) is 4.77 Å². The van der Waals surface area contributed by atoms with Crippen molar-refractivity contribution in [2.24, 2.45) is 5.10 Å². The number of aromatic nitrogens is 2. The summed E-state index contributed by atoms with van der Waals surface area (Å²) in [6, 6.07) is 9.13. The van der Waals surface area contributed by atoms with Gasteiger partial charge < -0.3 is 10.0 Å². The van der Waals surface area contributed by atoms with E-state index in [4.69, 9.17) is 12.2 Å². The van der Waals surface area contributed by atoms with Gasteiger partial charge in [-0.3, -0.25) is 19.4 Å². The number of nitrogens with zero attached hydrogens (tertiary/aromatic N) is 4. The summed E-state index contributed by atoms with van der Waals surface area (Å²) in [5.41, 5.74) is 0.305. The molecule has 2 heterocycles. The van der Waals surface area contributed by atoms with E-state index in [-0.39, 0.29) is 16.2 Å². The van der Waals surface area contributed by atoms with Crippen molar-refractivity contribution in [3.8, 4) is 11.6 Å². The third-order valence-electron chi connectivity index (χ3n) is 3.97. The lowest BCUT2D eigenvalue weighted by atomic mass is 10.3. The highest BCUT2D eigenvalue weighted by atomic mass is 32.1. The first-order valence-corrected chi connectivity index (χ1v) is 8.08. The minimum Gasteiger partial charge on any atom is -0.494 e. The van der Waals surface area contributed by atoms with E-state index < -0.39 is 5.56 Å². The third kappa shape index (κ3) is 3.39. The number of benzene rings is 1. The van der Waals surface area contributed by atoms with Crippen LogP contribution < -0.4 is 5.56 Å². The molecule has 2 N–H and O–H groups in total. The van der Waals surface area contributed by atoms with Crippen molar-refractivity contribution in [1.29, 1.82) is 0 Å². The topological polar surface area (TPSA) is 76.9 Å². The Balaban J connectivity index is 1.97. The Morgan fingerprint density at radius 1 is 1.21 bits per heavy atom. The molecule has 0 atom stereocenters. The van der Waals surface area contributed by atoms with Gasteiger partial charge in [-0.05, 0) is 31.4 Å². The molecule has 0 bridgehead atoms. The fourth-order valence-corrected chi connectivity index (χ4v) is 2.81. The number of para-hydroxylation sites is 1. The highest BCUT2D eigenvalue weighted by molar-refractivity contribution is 7.71. The minimum absolute atomic E-state index is 0.0892. The normalized spacial score (nSPS) is 16.0. The number of aromatic hydroxyl groups is 1. The van der Waals surface area contributed by atoms with Gasteiger partial charge in [-0.25, -0.2) is 0 Å². The van der Waals surface area contributed by atoms with E-state index in [1.54, 1.807) is 12.1 Å². The number of hydrogen-bond acceptors (Lipinski definition) is 6. The standard InChI is InChI=1S/C16H19N5O2S/c1-19-7-9-20(10-8-19)17-11-13-14(22)18-16(24)21(15(13)23)12-5-3-2-4-6-12/h2-6,11,23H,7-10H2,1H3,(H,18,22,24)/b17-11+. The van der Waals surface area contributed by atoms with E-state index >= 15 is 0 Å². The van der Waals surface area contributed by atoms with Crippen LogP contribution in [0.4, 0.5) is 0 Å². The lowest BCUT2D eigenvalue weighted by Crippen LogP contribution is -2.41. The lowest BCUT2D eigenvalue weighted by Gasteiger charge is -2.30. The second-order valence-electron chi connectivity index (χ2n) is 5.67. The zero-order valence-electron chi connectivity index (χ0n) is 13.3. The Morgan fingerprint density at radius 2 is 1.88 bits per heavy atom. The number of nitrogens with one attached hydrogen (secondary N) is 1. The van der Waals surface area contributed by atoms with Crippen LogP contribution in [-0.4, -0.2) is 64.0 Å². The van der Waals surface area contributed by atoms with Gasteiger partial charge in [-0.1, -0.05) is 18.2 Å². The molecule has 0 unspecified atom stereocenters. The van der Waals surface area contributed by atoms with Crippen LogP contribution in [0.2, 0.25) is 0 Å². The summed E-state index contributed by atoms with van der Waals surface area (Å²) in [5, 5.41) is 16.7. The van der Waals surface area contributed by atoms with Crippen molar-refractivity contribution in [3.63, 3.8) is 0 Å². The van der Waals surface area contributed by atoms with Crippen LogP contribution in [0.5, 0.6) is 5.88 Å². The molecule has 7 nitrogen and oxygen atoms in total. The molecule has 0 spiro atoms. The van der Waals surface area contributed by atoms with Gasteiger partial charge in [-0.15, -0.1) is 0 Å². The molecule has 1 saturated heterocycles. The van der Waals surface area contributed by atoms with Gasteiger partial charge in [0.05, 0.1) is 11.9 Å². The molecule has 0 aliphatic carbocycles. The molecule has 24 heavy (non-hydrogen) atoms. The van der Waals surface area contributed by atoms with Gasteiger partial charge in [0, 0.05) is 26.2 Å². The van der Waals surface area contributed by atoms with E-state index in [9.17, 15) is 9.90 Å². The van der Waals surface area contributed by atoms with Crippen LogP contribution in [0.25, 0.3) is 5.69 Å². The Hall–Kier alpha value is -2.45. The fraction of sp³-hybridized carbons (Fsp3) is 0.312. The maximum atomic E-state index is 12.2. The molecule has 2 aromatic rings. The zero-order valence-corrected chi connectivity index (χ0v) is 14.2. The SMILES string of the molecule is CN1CCN(/N=C/c2c(O)n(-c3ccccc3)c(=S)[nH]c2=O)CC1. The van der Waals surface area contributed by atoms with E-state index in [0.717, 1.165) is 26.2 Å². The van der Waals surface area contributed by atoms with E-state index in [1.807, 2.05) is 23.2 Å². The number of hydrogen-bond donors (Lipinski definition) is 2. The number of H-pyrrole nitrogens is 1. The summed E-state index contributed by atoms with van der Waals surface area (Å²) in [7, 11) is 2.06. The monoisotopic (exact) mass is 345 g/mol. The van der Waals surface area contributed by atoms with Crippen molar-refractivity contribution in [2.75, 3.05) is 33.2 Å². The summed E-state index contributed by atoms with van der Waals surface area (Å²) in [4.78, 5) is 17.0. The molecule has 8 heteroatoms. The molecule has 126 valence electrons. The van der Waals surface area contributed by atoms with E-state index in [2.05, 4.69) is 22.0 Å². The molecule has 1 aliphatic rings. The van der Waals surface area contributed by atoms with Gasteiger partial charge in [0.1, 0.15) is 5.56 Å². The average Bonchev–Trinajstić information content (AvgIpc) is 2.57. The van der Waals surface area contributed by atoms with Gasteiger partial charge in [0.15, 0.2) is 4.77 Å². The van der Waals surface area contributed by atoms with Gasteiger partial charge in [0.25, 0.3) is 5.56 Å².